The Morgan fingerprint density at radius 1 is 1.30 bits per heavy atom. The maximum atomic E-state index is 12.4. The molecule has 1 fully saturated rings. The Labute approximate surface area is 150 Å². The number of amides is 1. The van der Waals surface area contributed by atoms with Gasteiger partial charge in [0.15, 0.2) is 11.5 Å². The number of carbonyl (C=O) groups excluding carboxylic acids is 1. The van der Waals surface area contributed by atoms with Gasteiger partial charge in [0.05, 0.1) is 12.0 Å². The monoisotopic (exact) mass is 404 g/mol. The van der Waals surface area contributed by atoms with E-state index in [2.05, 4.69) is 21.2 Å². The van der Waals surface area contributed by atoms with Gasteiger partial charge in [-0.15, -0.1) is 12.4 Å². The zero-order chi connectivity index (χ0) is 15.7. The molecule has 3 N–H and O–H groups in total. The Balaban J connectivity index is 0.00000192. The van der Waals surface area contributed by atoms with E-state index in [1.165, 1.54) is 0 Å². The zero-order valence-corrected chi connectivity index (χ0v) is 15.4. The van der Waals surface area contributed by atoms with Crippen molar-refractivity contribution in [2.75, 3.05) is 13.2 Å². The maximum Gasteiger partial charge on any atom is 0.225 e. The normalized spacial score (nSPS) is 23.8. The first kappa shape index (κ1) is 18.4. The summed E-state index contributed by atoms with van der Waals surface area (Å²) in [5, 5.41) is 3.07. The molecule has 0 aromatic heterocycles. The molecule has 128 valence electrons. The van der Waals surface area contributed by atoms with E-state index in [0.717, 1.165) is 40.8 Å². The fourth-order valence-corrected chi connectivity index (χ4v) is 3.79. The van der Waals surface area contributed by atoms with E-state index >= 15 is 0 Å². The fraction of sp³-hybridized carbons (Fsp3) is 0.562. The summed E-state index contributed by atoms with van der Waals surface area (Å²) in [6.45, 7) is 3.07. The molecule has 7 heteroatoms. The molecular formula is C16H22BrClN2O3. The van der Waals surface area contributed by atoms with Crippen LogP contribution in [0.15, 0.2) is 16.6 Å². The summed E-state index contributed by atoms with van der Waals surface area (Å²) in [7, 11) is 0. The minimum absolute atomic E-state index is 0. The number of benzene rings is 1. The molecule has 3 unspecified atom stereocenters. The van der Waals surface area contributed by atoms with E-state index in [0.29, 0.717) is 13.2 Å². The molecule has 1 aliphatic heterocycles. The Morgan fingerprint density at radius 2 is 1.96 bits per heavy atom. The maximum absolute atomic E-state index is 12.4. The Morgan fingerprint density at radius 3 is 2.57 bits per heavy atom. The van der Waals surface area contributed by atoms with Gasteiger partial charge in [-0.3, -0.25) is 4.79 Å². The molecule has 1 aromatic rings. The first-order valence-corrected chi connectivity index (χ1v) is 8.50. The highest BCUT2D eigenvalue weighted by Crippen LogP contribution is 2.38. The van der Waals surface area contributed by atoms with E-state index in [4.69, 9.17) is 15.2 Å². The summed E-state index contributed by atoms with van der Waals surface area (Å²) in [4.78, 5) is 12.4. The lowest BCUT2D eigenvalue weighted by Gasteiger charge is -2.24. The van der Waals surface area contributed by atoms with Crippen LogP contribution < -0.4 is 20.5 Å². The molecule has 0 saturated heterocycles. The van der Waals surface area contributed by atoms with Gasteiger partial charge >= 0.3 is 0 Å². The number of halogens is 2. The van der Waals surface area contributed by atoms with Crippen LogP contribution in [0.25, 0.3) is 0 Å². The van der Waals surface area contributed by atoms with Crippen molar-refractivity contribution in [3.63, 3.8) is 0 Å². The number of carbonyl (C=O) groups is 1. The standard InChI is InChI=1S/C16H21BrN2O3.ClH/c1-9(19-16(20)10-3-2-4-13(10)18)11-7-14-15(8-12(11)17)22-6-5-21-14;/h7-10,13H,2-6,18H2,1H3,(H,19,20);1H. The van der Waals surface area contributed by atoms with Crippen molar-refractivity contribution in [3.05, 3.63) is 22.2 Å². The van der Waals surface area contributed by atoms with Crippen molar-refractivity contribution >= 4 is 34.2 Å². The average Bonchev–Trinajstić information content (AvgIpc) is 2.92. The van der Waals surface area contributed by atoms with Crippen molar-refractivity contribution < 1.29 is 14.3 Å². The van der Waals surface area contributed by atoms with Gasteiger partial charge in [0.1, 0.15) is 13.2 Å². The predicted molar refractivity (Wildman–Crippen MR) is 94.3 cm³/mol. The van der Waals surface area contributed by atoms with Crippen LogP contribution in [0.4, 0.5) is 0 Å². The number of hydrogen-bond acceptors (Lipinski definition) is 4. The number of fused-ring (bicyclic) bond motifs is 1. The Hall–Kier alpha value is -0.980. The van der Waals surface area contributed by atoms with Crippen LogP contribution in [0.2, 0.25) is 0 Å². The first-order valence-electron chi connectivity index (χ1n) is 7.71. The fourth-order valence-electron chi connectivity index (χ4n) is 3.12. The summed E-state index contributed by atoms with van der Waals surface area (Å²) < 4.78 is 12.1. The summed E-state index contributed by atoms with van der Waals surface area (Å²) in [5.74, 6) is 1.43. The second kappa shape index (κ2) is 7.73. The minimum atomic E-state index is -0.120. The molecule has 23 heavy (non-hydrogen) atoms. The molecule has 1 heterocycles. The van der Waals surface area contributed by atoms with Crippen molar-refractivity contribution in [2.24, 2.45) is 11.7 Å². The van der Waals surface area contributed by atoms with Gasteiger partial charge in [-0.05, 0) is 37.5 Å². The van der Waals surface area contributed by atoms with Crippen molar-refractivity contribution in [2.45, 2.75) is 38.3 Å². The highest BCUT2D eigenvalue weighted by molar-refractivity contribution is 9.10. The summed E-state index contributed by atoms with van der Waals surface area (Å²) in [6, 6.07) is 3.69. The third kappa shape index (κ3) is 3.92. The molecule has 1 saturated carbocycles. The molecular weight excluding hydrogens is 384 g/mol. The number of rotatable bonds is 3. The smallest absolute Gasteiger partial charge is 0.225 e. The first-order chi connectivity index (χ1) is 10.6. The third-order valence-electron chi connectivity index (χ3n) is 4.39. The Kier molecular flexibility index (Phi) is 6.17. The largest absolute Gasteiger partial charge is 0.486 e. The molecule has 0 spiro atoms. The van der Waals surface area contributed by atoms with Crippen LogP contribution in [0.5, 0.6) is 11.5 Å². The van der Waals surface area contributed by atoms with Crippen LogP contribution >= 0.6 is 28.3 Å². The van der Waals surface area contributed by atoms with Gasteiger partial charge in [0.2, 0.25) is 5.91 Å². The number of nitrogens with one attached hydrogen (secondary N) is 1. The SMILES string of the molecule is CC(NC(=O)C1CCCC1N)c1cc2c(cc1Br)OCCO2.Cl. The predicted octanol–water partition coefficient (Wildman–Crippen LogP) is 2.95. The molecule has 3 atom stereocenters. The van der Waals surface area contributed by atoms with Gasteiger partial charge in [-0.1, -0.05) is 22.4 Å². The van der Waals surface area contributed by atoms with Crippen molar-refractivity contribution in [1.82, 2.24) is 5.32 Å². The van der Waals surface area contributed by atoms with Crippen LogP contribution in [-0.4, -0.2) is 25.2 Å². The topological polar surface area (TPSA) is 73.6 Å². The molecule has 0 radical (unpaired) electrons. The van der Waals surface area contributed by atoms with Crippen LogP contribution in [0.3, 0.4) is 0 Å². The lowest BCUT2D eigenvalue weighted by Crippen LogP contribution is -2.39. The van der Waals surface area contributed by atoms with E-state index in [1.54, 1.807) is 0 Å². The van der Waals surface area contributed by atoms with Crippen LogP contribution in [-0.2, 0) is 4.79 Å². The van der Waals surface area contributed by atoms with Crippen LogP contribution in [0.1, 0.15) is 37.8 Å². The quantitative estimate of drug-likeness (QED) is 0.811. The average molecular weight is 406 g/mol. The van der Waals surface area contributed by atoms with Crippen LogP contribution in [0, 0.1) is 5.92 Å². The van der Waals surface area contributed by atoms with Gasteiger partial charge < -0.3 is 20.5 Å². The number of ether oxygens (including phenoxy) is 2. The van der Waals surface area contributed by atoms with Gasteiger partial charge in [-0.2, -0.15) is 0 Å². The van der Waals surface area contributed by atoms with Gasteiger partial charge in [0.25, 0.3) is 0 Å². The highest BCUT2D eigenvalue weighted by atomic mass is 79.9. The molecule has 5 nitrogen and oxygen atoms in total. The lowest BCUT2D eigenvalue weighted by atomic mass is 10.0. The van der Waals surface area contributed by atoms with Crippen molar-refractivity contribution in [3.8, 4) is 11.5 Å². The van der Waals surface area contributed by atoms with Gasteiger partial charge in [0, 0.05) is 10.5 Å². The summed E-state index contributed by atoms with van der Waals surface area (Å²) in [5.41, 5.74) is 6.98. The number of hydrogen-bond donors (Lipinski definition) is 2. The number of nitrogens with two attached hydrogens (primary N) is 1. The Bertz CT molecular complexity index is 585. The van der Waals surface area contributed by atoms with Gasteiger partial charge in [-0.25, -0.2) is 0 Å². The molecule has 3 rings (SSSR count). The van der Waals surface area contributed by atoms with Crippen molar-refractivity contribution in [1.29, 1.82) is 0 Å². The minimum Gasteiger partial charge on any atom is -0.486 e. The lowest BCUT2D eigenvalue weighted by molar-refractivity contribution is -0.125. The molecule has 1 aromatic carbocycles. The molecule has 0 bridgehead atoms. The second-order valence-corrected chi connectivity index (χ2v) is 6.80. The molecule has 1 amide bonds. The van der Waals surface area contributed by atoms with E-state index in [9.17, 15) is 4.79 Å². The zero-order valence-electron chi connectivity index (χ0n) is 13.0. The summed E-state index contributed by atoms with van der Waals surface area (Å²) >= 11 is 3.55. The van der Waals surface area contributed by atoms with E-state index in [1.807, 2.05) is 19.1 Å². The summed E-state index contributed by atoms with van der Waals surface area (Å²) in [6.07, 6.45) is 2.84. The third-order valence-corrected chi connectivity index (χ3v) is 5.08. The van der Waals surface area contributed by atoms with E-state index < -0.39 is 0 Å². The second-order valence-electron chi connectivity index (χ2n) is 5.95. The molecule has 1 aliphatic carbocycles. The molecule has 2 aliphatic rings. The highest BCUT2D eigenvalue weighted by Gasteiger charge is 2.31. The van der Waals surface area contributed by atoms with E-state index in [-0.39, 0.29) is 36.3 Å².